The SMILES string of the molecule is CC1C=CC2=C(NCCN2)N1. The van der Waals surface area contributed by atoms with E-state index >= 15 is 0 Å². The van der Waals surface area contributed by atoms with Crippen molar-refractivity contribution in [3.05, 3.63) is 23.7 Å². The topological polar surface area (TPSA) is 36.1 Å². The van der Waals surface area contributed by atoms with Crippen molar-refractivity contribution < 1.29 is 0 Å². The van der Waals surface area contributed by atoms with Gasteiger partial charge in [0.15, 0.2) is 0 Å². The van der Waals surface area contributed by atoms with Gasteiger partial charge in [-0.15, -0.1) is 0 Å². The first-order valence-electron chi connectivity index (χ1n) is 4.03. The molecule has 11 heavy (non-hydrogen) atoms. The second kappa shape index (κ2) is 2.49. The normalized spacial score (nSPS) is 28.3. The molecule has 2 heterocycles. The highest BCUT2D eigenvalue weighted by atomic mass is 15.2. The van der Waals surface area contributed by atoms with Gasteiger partial charge in [0.1, 0.15) is 5.82 Å². The highest BCUT2D eigenvalue weighted by Crippen LogP contribution is 2.07. The average Bonchev–Trinajstić information content (AvgIpc) is 2.04. The molecule has 0 fully saturated rings. The number of nitrogens with one attached hydrogen (secondary N) is 3. The Morgan fingerprint density at radius 2 is 2.18 bits per heavy atom. The van der Waals surface area contributed by atoms with Gasteiger partial charge in [-0.05, 0) is 13.0 Å². The number of dihydropyridines is 1. The number of rotatable bonds is 0. The van der Waals surface area contributed by atoms with Crippen LogP contribution in [0.25, 0.3) is 0 Å². The van der Waals surface area contributed by atoms with Gasteiger partial charge in [-0.2, -0.15) is 0 Å². The van der Waals surface area contributed by atoms with Gasteiger partial charge < -0.3 is 16.0 Å². The van der Waals surface area contributed by atoms with Gasteiger partial charge in [-0.25, -0.2) is 0 Å². The van der Waals surface area contributed by atoms with Gasteiger partial charge in [0.25, 0.3) is 0 Å². The predicted octanol–water partition coefficient (Wildman–Crippen LogP) is -0.104. The predicted molar refractivity (Wildman–Crippen MR) is 44.8 cm³/mol. The smallest absolute Gasteiger partial charge is 0.123 e. The summed E-state index contributed by atoms with van der Waals surface area (Å²) in [4.78, 5) is 0. The Kier molecular flexibility index (Phi) is 1.49. The van der Waals surface area contributed by atoms with Gasteiger partial charge in [0, 0.05) is 19.1 Å². The summed E-state index contributed by atoms with van der Waals surface area (Å²) in [7, 11) is 0. The lowest BCUT2D eigenvalue weighted by atomic mass is 10.2. The standard InChI is InChI=1S/C8H13N3/c1-6-2-3-7-8(11-6)10-5-4-9-7/h2-3,6,9-11H,4-5H2,1H3. The summed E-state index contributed by atoms with van der Waals surface area (Å²) < 4.78 is 0. The van der Waals surface area contributed by atoms with Crippen LogP contribution in [0.4, 0.5) is 0 Å². The lowest BCUT2D eigenvalue weighted by Gasteiger charge is -2.28. The molecule has 1 unspecified atom stereocenters. The molecule has 0 bridgehead atoms. The third-order valence-electron chi connectivity index (χ3n) is 1.94. The molecule has 0 aromatic heterocycles. The summed E-state index contributed by atoms with van der Waals surface area (Å²) >= 11 is 0. The lowest BCUT2D eigenvalue weighted by Crippen LogP contribution is -2.44. The number of hydrogen-bond donors (Lipinski definition) is 3. The van der Waals surface area contributed by atoms with E-state index in [2.05, 4.69) is 35.0 Å². The first kappa shape index (κ1) is 6.58. The van der Waals surface area contributed by atoms with Crippen molar-refractivity contribution in [1.29, 1.82) is 0 Å². The van der Waals surface area contributed by atoms with Gasteiger partial charge in [-0.3, -0.25) is 0 Å². The zero-order chi connectivity index (χ0) is 7.68. The lowest BCUT2D eigenvalue weighted by molar-refractivity contribution is 0.565. The maximum absolute atomic E-state index is 3.34. The van der Waals surface area contributed by atoms with Crippen molar-refractivity contribution in [2.75, 3.05) is 13.1 Å². The van der Waals surface area contributed by atoms with Crippen molar-refractivity contribution in [3.8, 4) is 0 Å². The third-order valence-corrected chi connectivity index (χ3v) is 1.94. The summed E-state index contributed by atoms with van der Waals surface area (Å²) in [5.41, 5.74) is 1.19. The molecule has 60 valence electrons. The first-order valence-corrected chi connectivity index (χ1v) is 4.03. The van der Waals surface area contributed by atoms with Gasteiger partial charge in [-0.1, -0.05) is 6.08 Å². The van der Waals surface area contributed by atoms with E-state index in [1.807, 2.05) is 0 Å². The molecule has 0 aliphatic carbocycles. The molecule has 1 atom stereocenters. The van der Waals surface area contributed by atoms with Crippen LogP contribution in [0.5, 0.6) is 0 Å². The van der Waals surface area contributed by atoms with Crippen molar-refractivity contribution in [2.24, 2.45) is 0 Å². The van der Waals surface area contributed by atoms with Crippen molar-refractivity contribution >= 4 is 0 Å². The molecule has 0 aromatic rings. The van der Waals surface area contributed by atoms with Crippen LogP contribution in [0.15, 0.2) is 23.7 Å². The highest BCUT2D eigenvalue weighted by Gasteiger charge is 2.13. The first-order chi connectivity index (χ1) is 5.36. The molecule has 2 aliphatic rings. The maximum atomic E-state index is 3.34. The Morgan fingerprint density at radius 1 is 1.36 bits per heavy atom. The fraction of sp³-hybridized carbons (Fsp3) is 0.500. The second-order valence-electron chi connectivity index (χ2n) is 2.93. The van der Waals surface area contributed by atoms with Crippen LogP contribution in [0.2, 0.25) is 0 Å². The molecular weight excluding hydrogens is 138 g/mol. The zero-order valence-corrected chi connectivity index (χ0v) is 6.65. The van der Waals surface area contributed by atoms with Crippen LogP contribution in [0, 0.1) is 0 Å². The molecule has 2 rings (SSSR count). The fourth-order valence-corrected chi connectivity index (χ4v) is 1.36. The third kappa shape index (κ3) is 1.18. The Labute approximate surface area is 66.6 Å². The summed E-state index contributed by atoms with van der Waals surface area (Å²) in [5.74, 6) is 1.14. The van der Waals surface area contributed by atoms with Crippen molar-refractivity contribution in [2.45, 2.75) is 13.0 Å². The number of allylic oxidation sites excluding steroid dienone is 1. The van der Waals surface area contributed by atoms with Crippen LogP contribution in [0.3, 0.4) is 0 Å². The molecule has 0 saturated carbocycles. The summed E-state index contributed by atoms with van der Waals surface area (Å²) in [5, 5.41) is 9.95. The molecule has 0 saturated heterocycles. The minimum absolute atomic E-state index is 0.446. The molecular formula is C8H13N3. The molecule has 3 heteroatoms. The quantitative estimate of drug-likeness (QED) is 0.452. The summed E-state index contributed by atoms with van der Waals surface area (Å²) in [6.07, 6.45) is 4.28. The van der Waals surface area contributed by atoms with Crippen LogP contribution in [0.1, 0.15) is 6.92 Å². The Hall–Kier alpha value is -1.12. The van der Waals surface area contributed by atoms with Gasteiger partial charge in [0.05, 0.1) is 5.70 Å². The summed E-state index contributed by atoms with van der Waals surface area (Å²) in [6, 6.07) is 0.446. The molecule has 2 aliphatic heterocycles. The van der Waals surface area contributed by atoms with Crippen molar-refractivity contribution in [1.82, 2.24) is 16.0 Å². The largest absolute Gasteiger partial charge is 0.380 e. The van der Waals surface area contributed by atoms with Gasteiger partial charge in [0.2, 0.25) is 0 Å². The molecule has 0 radical (unpaired) electrons. The van der Waals surface area contributed by atoms with Gasteiger partial charge >= 0.3 is 0 Å². The molecule has 3 nitrogen and oxygen atoms in total. The fourth-order valence-electron chi connectivity index (χ4n) is 1.36. The zero-order valence-electron chi connectivity index (χ0n) is 6.65. The monoisotopic (exact) mass is 151 g/mol. The van der Waals surface area contributed by atoms with Crippen LogP contribution < -0.4 is 16.0 Å². The highest BCUT2D eigenvalue weighted by molar-refractivity contribution is 5.29. The second-order valence-corrected chi connectivity index (χ2v) is 2.93. The molecule has 0 aromatic carbocycles. The maximum Gasteiger partial charge on any atom is 0.123 e. The van der Waals surface area contributed by atoms with E-state index in [1.54, 1.807) is 0 Å². The average molecular weight is 151 g/mol. The van der Waals surface area contributed by atoms with E-state index in [9.17, 15) is 0 Å². The van der Waals surface area contributed by atoms with E-state index < -0.39 is 0 Å². The van der Waals surface area contributed by atoms with Crippen LogP contribution in [-0.4, -0.2) is 19.1 Å². The van der Waals surface area contributed by atoms with E-state index in [-0.39, 0.29) is 0 Å². The van der Waals surface area contributed by atoms with E-state index in [4.69, 9.17) is 0 Å². The Balaban J connectivity index is 2.20. The minimum atomic E-state index is 0.446. The Morgan fingerprint density at radius 3 is 3.09 bits per heavy atom. The van der Waals surface area contributed by atoms with E-state index in [1.165, 1.54) is 5.70 Å². The van der Waals surface area contributed by atoms with Crippen molar-refractivity contribution in [3.63, 3.8) is 0 Å². The van der Waals surface area contributed by atoms with Crippen LogP contribution >= 0.6 is 0 Å². The molecule has 3 N–H and O–H groups in total. The summed E-state index contributed by atoms with van der Waals surface area (Å²) in [6.45, 7) is 4.15. The Bertz CT molecular complexity index is 217. The van der Waals surface area contributed by atoms with E-state index in [0.717, 1.165) is 18.9 Å². The van der Waals surface area contributed by atoms with Crippen LogP contribution in [-0.2, 0) is 0 Å². The van der Waals surface area contributed by atoms with E-state index in [0.29, 0.717) is 6.04 Å². The molecule has 0 amide bonds. The number of hydrogen-bond acceptors (Lipinski definition) is 3. The molecule has 0 spiro atoms. The minimum Gasteiger partial charge on any atom is -0.380 e.